The Bertz CT molecular complexity index is 678. The van der Waals surface area contributed by atoms with Gasteiger partial charge < -0.3 is 19.5 Å². The molecular weight excluding hydrogens is 362 g/mol. The number of hydrogen-bond donors (Lipinski definition) is 1. The zero-order valence-corrected chi connectivity index (χ0v) is 17.7. The van der Waals surface area contributed by atoms with E-state index < -0.39 is 0 Å². The van der Waals surface area contributed by atoms with Gasteiger partial charge in [-0.3, -0.25) is 0 Å². The van der Waals surface area contributed by atoms with Gasteiger partial charge in [-0.15, -0.1) is 0 Å². The average Bonchev–Trinajstić information content (AvgIpc) is 3.28. The lowest BCUT2D eigenvalue weighted by Gasteiger charge is -2.12. The van der Waals surface area contributed by atoms with Gasteiger partial charge in [0.2, 0.25) is 0 Å². The first-order valence-corrected chi connectivity index (χ1v) is 11.1. The van der Waals surface area contributed by atoms with Crippen molar-refractivity contribution in [1.29, 1.82) is 0 Å². The van der Waals surface area contributed by atoms with Gasteiger partial charge in [0.1, 0.15) is 18.1 Å². The lowest BCUT2D eigenvalue weighted by molar-refractivity contribution is 0.0679. The molecule has 4 nitrogen and oxygen atoms in total. The summed E-state index contributed by atoms with van der Waals surface area (Å²) in [5.41, 5.74) is 2.32. The average molecular weight is 398 g/mol. The molecule has 0 spiro atoms. The first kappa shape index (κ1) is 21.5. The van der Waals surface area contributed by atoms with Crippen LogP contribution in [0.3, 0.4) is 0 Å². The summed E-state index contributed by atoms with van der Waals surface area (Å²) in [6.45, 7) is 5.34. The van der Waals surface area contributed by atoms with Crippen molar-refractivity contribution in [2.75, 3.05) is 25.1 Å². The summed E-state index contributed by atoms with van der Waals surface area (Å²) in [5, 5.41) is 3.46. The number of nitrogens with one attached hydrogen (secondary N) is 1. The van der Waals surface area contributed by atoms with Crippen LogP contribution in [0.1, 0.15) is 57.4 Å². The van der Waals surface area contributed by atoms with Gasteiger partial charge in [-0.1, -0.05) is 44.7 Å². The number of hydrogen-bond acceptors (Lipinski definition) is 4. The normalized spacial score (nSPS) is 16.0. The molecule has 1 N–H and O–H groups in total. The second kappa shape index (κ2) is 12.4. The minimum absolute atomic E-state index is 0.251. The van der Waals surface area contributed by atoms with Gasteiger partial charge in [0.25, 0.3) is 0 Å². The fourth-order valence-electron chi connectivity index (χ4n) is 3.44. The Morgan fingerprint density at radius 3 is 2.34 bits per heavy atom. The van der Waals surface area contributed by atoms with Crippen molar-refractivity contribution in [3.8, 4) is 11.5 Å². The Morgan fingerprint density at radius 1 is 0.897 bits per heavy atom. The molecule has 1 atom stereocenters. The molecule has 0 radical (unpaired) electrons. The van der Waals surface area contributed by atoms with Crippen LogP contribution in [0.4, 0.5) is 5.69 Å². The van der Waals surface area contributed by atoms with Gasteiger partial charge in [0.05, 0.1) is 12.7 Å². The van der Waals surface area contributed by atoms with E-state index in [1.54, 1.807) is 0 Å². The molecule has 1 aliphatic heterocycles. The first-order chi connectivity index (χ1) is 14.3. The van der Waals surface area contributed by atoms with Crippen molar-refractivity contribution in [1.82, 2.24) is 0 Å². The van der Waals surface area contributed by atoms with Gasteiger partial charge in [0, 0.05) is 18.8 Å². The molecule has 158 valence electrons. The Balaban J connectivity index is 1.33. The summed E-state index contributed by atoms with van der Waals surface area (Å²) in [5.74, 6) is 1.85. The standard InChI is InChI=1S/C25H35NO3/c1-2-3-4-5-6-17-27-23-13-9-21(10-14-23)19-26-22-11-15-24(16-12-22)29-20-25-8-7-18-28-25/h9-16,25-26H,2-8,17-20H2,1H3. The molecule has 4 heteroatoms. The molecule has 0 aliphatic carbocycles. The van der Waals surface area contributed by atoms with Gasteiger partial charge in [-0.25, -0.2) is 0 Å². The predicted molar refractivity (Wildman–Crippen MR) is 119 cm³/mol. The van der Waals surface area contributed by atoms with E-state index in [0.29, 0.717) is 6.61 Å². The van der Waals surface area contributed by atoms with Crippen LogP contribution in [0.25, 0.3) is 0 Å². The molecule has 1 heterocycles. The van der Waals surface area contributed by atoms with E-state index >= 15 is 0 Å². The van der Waals surface area contributed by atoms with E-state index in [1.165, 1.54) is 31.2 Å². The number of rotatable bonds is 13. The summed E-state index contributed by atoms with van der Waals surface area (Å²) in [7, 11) is 0. The van der Waals surface area contributed by atoms with E-state index in [0.717, 1.165) is 56.2 Å². The van der Waals surface area contributed by atoms with E-state index in [-0.39, 0.29) is 6.10 Å². The highest BCUT2D eigenvalue weighted by atomic mass is 16.5. The smallest absolute Gasteiger partial charge is 0.119 e. The summed E-state index contributed by atoms with van der Waals surface area (Å²) in [6, 6.07) is 16.5. The number of benzene rings is 2. The van der Waals surface area contributed by atoms with Crippen LogP contribution in [0, 0.1) is 0 Å². The third-order valence-corrected chi connectivity index (χ3v) is 5.25. The topological polar surface area (TPSA) is 39.7 Å². The number of unbranched alkanes of at least 4 members (excludes halogenated alkanes) is 4. The summed E-state index contributed by atoms with van der Waals surface area (Å²) < 4.78 is 17.2. The molecule has 29 heavy (non-hydrogen) atoms. The van der Waals surface area contributed by atoms with Crippen LogP contribution in [0.2, 0.25) is 0 Å². The second-order valence-electron chi connectivity index (χ2n) is 7.73. The Morgan fingerprint density at radius 2 is 1.62 bits per heavy atom. The van der Waals surface area contributed by atoms with E-state index in [2.05, 4.69) is 48.6 Å². The van der Waals surface area contributed by atoms with Crippen LogP contribution in [0.15, 0.2) is 48.5 Å². The molecule has 1 fully saturated rings. The molecule has 0 amide bonds. The first-order valence-electron chi connectivity index (χ1n) is 11.1. The Hall–Kier alpha value is -2.20. The molecule has 0 aromatic heterocycles. The van der Waals surface area contributed by atoms with Crippen LogP contribution >= 0.6 is 0 Å². The molecule has 1 unspecified atom stereocenters. The Labute approximate surface area is 175 Å². The number of ether oxygens (including phenoxy) is 3. The summed E-state index contributed by atoms with van der Waals surface area (Å²) in [4.78, 5) is 0. The maximum atomic E-state index is 5.83. The van der Waals surface area contributed by atoms with E-state index in [4.69, 9.17) is 14.2 Å². The van der Waals surface area contributed by atoms with Crippen molar-refractivity contribution >= 4 is 5.69 Å². The second-order valence-corrected chi connectivity index (χ2v) is 7.73. The molecular formula is C25H35NO3. The van der Waals surface area contributed by atoms with Gasteiger partial charge in [-0.05, 0) is 61.2 Å². The zero-order valence-electron chi connectivity index (χ0n) is 17.7. The zero-order chi connectivity index (χ0) is 20.2. The van der Waals surface area contributed by atoms with Crippen molar-refractivity contribution in [3.05, 3.63) is 54.1 Å². The van der Waals surface area contributed by atoms with Crippen LogP contribution in [-0.2, 0) is 11.3 Å². The third-order valence-electron chi connectivity index (χ3n) is 5.25. The van der Waals surface area contributed by atoms with Gasteiger partial charge in [-0.2, -0.15) is 0 Å². The monoisotopic (exact) mass is 397 g/mol. The molecule has 1 saturated heterocycles. The maximum absolute atomic E-state index is 5.83. The molecule has 0 bridgehead atoms. The van der Waals surface area contributed by atoms with Gasteiger partial charge in [0.15, 0.2) is 0 Å². The molecule has 1 aliphatic rings. The minimum atomic E-state index is 0.251. The fourth-order valence-corrected chi connectivity index (χ4v) is 3.44. The third kappa shape index (κ3) is 7.98. The quantitative estimate of drug-likeness (QED) is 0.408. The lowest BCUT2D eigenvalue weighted by Crippen LogP contribution is -2.16. The lowest BCUT2D eigenvalue weighted by atomic mass is 10.2. The molecule has 0 saturated carbocycles. The number of anilines is 1. The molecule has 2 aromatic rings. The molecule has 3 rings (SSSR count). The molecule has 2 aromatic carbocycles. The highest BCUT2D eigenvalue weighted by Gasteiger charge is 2.15. The van der Waals surface area contributed by atoms with E-state index in [9.17, 15) is 0 Å². The van der Waals surface area contributed by atoms with Gasteiger partial charge >= 0.3 is 0 Å². The summed E-state index contributed by atoms with van der Waals surface area (Å²) >= 11 is 0. The van der Waals surface area contributed by atoms with Crippen molar-refractivity contribution < 1.29 is 14.2 Å². The van der Waals surface area contributed by atoms with Crippen molar-refractivity contribution in [2.45, 2.75) is 64.5 Å². The van der Waals surface area contributed by atoms with Crippen molar-refractivity contribution in [3.63, 3.8) is 0 Å². The fraction of sp³-hybridized carbons (Fsp3) is 0.520. The van der Waals surface area contributed by atoms with Crippen molar-refractivity contribution in [2.24, 2.45) is 0 Å². The highest BCUT2D eigenvalue weighted by molar-refractivity contribution is 5.47. The van der Waals surface area contributed by atoms with Crippen LogP contribution in [0.5, 0.6) is 11.5 Å². The minimum Gasteiger partial charge on any atom is -0.494 e. The summed E-state index contributed by atoms with van der Waals surface area (Å²) in [6.07, 6.45) is 8.81. The SMILES string of the molecule is CCCCCCCOc1ccc(CNc2ccc(OCC3CCCO3)cc2)cc1. The van der Waals surface area contributed by atoms with E-state index in [1.807, 2.05) is 12.1 Å². The largest absolute Gasteiger partial charge is 0.494 e. The highest BCUT2D eigenvalue weighted by Crippen LogP contribution is 2.19. The van der Waals surface area contributed by atoms with Crippen LogP contribution < -0.4 is 14.8 Å². The maximum Gasteiger partial charge on any atom is 0.119 e. The Kier molecular flexibility index (Phi) is 9.18. The predicted octanol–water partition coefficient (Wildman–Crippen LogP) is 6.21. The van der Waals surface area contributed by atoms with Crippen LogP contribution in [-0.4, -0.2) is 25.9 Å².